The van der Waals surface area contributed by atoms with Gasteiger partial charge in [-0.3, -0.25) is 14.1 Å². The van der Waals surface area contributed by atoms with Crippen LogP contribution in [-0.4, -0.2) is 47.2 Å². The second kappa shape index (κ2) is 6.18. The lowest BCUT2D eigenvalue weighted by molar-refractivity contribution is -0.143. The second-order valence-electron chi connectivity index (χ2n) is 4.72. The van der Waals surface area contributed by atoms with Crippen LogP contribution < -0.4 is 11.1 Å². The van der Waals surface area contributed by atoms with Gasteiger partial charge in [0.2, 0.25) is 11.8 Å². The van der Waals surface area contributed by atoms with E-state index in [4.69, 9.17) is 15.4 Å². The van der Waals surface area contributed by atoms with Crippen LogP contribution in [0.25, 0.3) is 0 Å². The minimum atomic E-state index is -4.20. The first-order chi connectivity index (χ1) is 9.11. The van der Waals surface area contributed by atoms with E-state index in [1.807, 2.05) is 0 Å². The molecule has 3 atom stereocenters. The largest absolute Gasteiger partial charge is 0.480 e. The molecule has 0 saturated heterocycles. The number of amides is 2. The van der Waals surface area contributed by atoms with Gasteiger partial charge in [0, 0.05) is 5.92 Å². The van der Waals surface area contributed by atoms with Crippen LogP contribution in [0.5, 0.6) is 0 Å². The first kappa shape index (κ1) is 16.4. The highest BCUT2D eigenvalue weighted by Crippen LogP contribution is 2.30. The van der Waals surface area contributed by atoms with Crippen molar-refractivity contribution in [1.29, 1.82) is 0 Å². The third-order valence-corrected chi connectivity index (χ3v) is 4.47. The maximum Gasteiger partial charge on any atom is 0.326 e. The Kier molecular flexibility index (Phi) is 5.06. The number of rotatable bonds is 6. The van der Waals surface area contributed by atoms with Crippen LogP contribution in [0.3, 0.4) is 0 Å². The molecule has 10 heteroatoms. The van der Waals surface area contributed by atoms with E-state index in [9.17, 15) is 22.8 Å². The molecule has 0 aromatic heterocycles. The molecule has 5 N–H and O–H groups in total. The second-order valence-corrected chi connectivity index (χ2v) is 6.41. The summed E-state index contributed by atoms with van der Waals surface area (Å²) in [6.07, 6.45) is -0.271. The summed E-state index contributed by atoms with van der Waals surface area (Å²) in [5, 5.41) is 9.97. The van der Waals surface area contributed by atoms with Crippen molar-refractivity contribution >= 4 is 27.9 Å². The van der Waals surface area contributed by atoms with E-state index in [2.05, 4.69) is 5.32 Å². The van der Waals surface area contributed by atoms with Gasteiger partial charge in [-0.15, -0.1) is 0 Å². The van der Waals surface area contributed by atoms with Gasteiger partial charge in [-0.05, 0) is 19.3 Å². The Morgan fingerprint density at radius 2 is 1.90 bits per heavy atom. The number of aliphatic carboxylic acids is 1. The standard InChI is InChI=1S/C10H16N2O7S/c11-8(13)4-7(10(15)16)12-9(14)5-1-2-6(3-5)20(17,18)19/h5-7H,1-4H2,(H2,11,13)(H,12,14)(H,15,16)(H,17,18,19)/t5-,6-,7-/m0/s1. The van der Waals surface area contributed by atoms with Crippen molar-refractivity contribution in [2.75, 3.05) is 0 Å². The molecule has 0 spiro atoms. The molecule has 0 heterocycles. The lowest BCUT2D eigenvalue weighted by Crippen LogP contribution is -2.45. The Morgan fingerprint density at radius 1 is 1.30 bits per heavy atom. The van der Waals surface area contributed by atoms with Gasteiger partial charge in [0.05, 0.1) is 11.7 Å². The monoisotopic (exact) mass is 308 g/mol. The van der Waals surface area contributed by atoms with Crippen LogP contribution in [0.1, 0.15) is 25.7 Å². The Morgan fingerprint density at radius 3 is 2.30 bits per heavy atom. The predicted octanol–water partition coefficient (Wildman–Crippen LogP) is -1.51. The third-order valence-electron chi connectivity index (χ3n) is 3.20. The lowest BCUT2D eigenvalue weighted by Gasteiger charge is -2.16. The van der Waals surface area contributed by atoms with Crippen LogP contribution in [0.4, 0.5) is 0 Å². The van der Waals surface area contributed by atoms with Crippen LogP contribution in [0.15, 0.2) is 0 Å². The highest BCUT2D eigenvalue weighted by Gasteiger charge is 2.37. The average Bonchev–Trinajstić information content (AvgIpc) is 2.75. The molecule has 0 aliphatic heterocycles. The highest BCUT2D eigenvalue weighted by molar-refractivity contribution is 7.86. The molecular formula is C10H16N2O7S. The molecule has 0 radical (unpaired) electrons. The Bertz CT molecular complexity index is 516. The van der Waals surface area contributed by atoms with Crippen LogP contribution >= 0.6 is 0 Å². The summed E-state index contributed by atoms with van der Waals surface area (Å²) >= 11 is 0. The molecule has 20 heavy (non-hydrogen) atoms. The number of carboxylic acids is 1. The highest BCUT2D eigenvalue weighted by atomic mass is 32.2. The molecule has 114 valence electrons. The number of carbonyl (C=O) groups is 3. The van der Waals surface area contributed by atoms with Crippen LogP contribution in [0.2, 0.25) is 0 Å². The zero-order chi connectivity index (χ0) is 15.5. The summed E-state index contributed by atoms with van der Waals surface area (Å²) in [7, 11) is -4.20. The average molecular weight is 308 g/mol. The fourth-order valence-electron chi connectivity index (χ4n) is 2.14. The van der Waals surface area contributed by atoms with E-state index in [-0.39, 0.29) is 19.3 Å². The maximum absolute atomic E-state index is 11.8. The molecule has 1 saturated carbocycles. The molecule has 1 rings (SSSR count). The summed E-state index contributed by atoms with van der Waals surface area (Å²) in [5.41, 5.74) is 4.87. The Balaban J connectivity index is 2.63. The number of carboxylic acid groups (broad SMARTS) is 1. The van der Waals surface area contributed by atoms with Crippen molar-refractivity contribution in [2.24, 2.45) is 11.7 Å². The third kappa shape index (κ3) is 4.46. The van der Waals surface area contributed by atoms with Gasteiger partial charge < -0.3 is 16.2 Å². The van der Waals surface area contributed by atoms with Gasteiger partial charge in [-0.1, -0.05) is 0 Å². The molecule has 1 aliphatic carbocycles. The molecule has 0 aromatic carbocycles. The van der Waals surface area contributed by atoms with E-state index in [1.165, 1.54) is 0 Å². The SMILES string of the molecule is NC(=O)C[C@H](NC(=O)[C@H]1CC[C@H](S(=O)(=O)O)C1)C(=O)O. The number of nitrogens with two attached hydrogens (primary N) is 1. The summed E-state index contributed by atoms with van der Waals surface area (Å²) in [4.78, 5) is 33.4. The van der Waals surface area contributed by atoms with Crippen molar-refractivity contribution in [3.63, 3.8) is 0 Å². The van der Waals surface area contributed by atoms with Crippen LogP contribution in [-0.2, 0) is 24.5 Å². The van der Waals surface area contributed by atoms with Crippen molar-refractivity contribution in [3.05, 3.63) is 0 Å². The molecule has 0 unspecified atom stereocenters. The number of nitrogens with one attached hydrogen (secondary N) is 1. The number of hydrogen-bond acceptors (Lipinski definition) is 5. The molecule has 2 amide bonds. The van der Waals surface area contributed by atoms with E-state index >= 15 is 0 Å². The van der Waals surface area contributed by atoms with Gasteiger partial charge in [0.25, 0.3) is 10.1 Å². The molecule has 0 aromatic rings. The number of primary amides is 1. The van der Waals surface area contributed by atoms with Gasteiger partial charge in [-0.2, -0.15) is 8.42 Å². The summed E-state index contributed by atoms with van der Waals surface area (Å²) in [5.74, 6) is -3.65. The maximum atomic E-state index is 11.8. The van der Waals surface area contributed by atoms with E-state index < -0.39 is 51.5 Å². The molecule has 1 aliphatic rings. The number of hydrogen-bond donors (Lipinski definition) is 4. The fourth-order valence-corrected chi connectivity index (χ4v) is 3.05. The minimum Gasteiger partial charge on any atom is -0.480 e. The van der Waals surface area contributed by atoms with Crippen molar-refractivity contribution < 1.29 is 32.5 Å². The van der Waals surface area contributed by atoms with Crippen molar-refractivity contribution in [2.45, 2.75) is 37.0 Å². The van der Waals surface area contributed by atoms with Gasteiger partial charge in [0.1, 0.15) is 6.04 Å². The Hall–Kier alpha value is -1.68. The molecule has 0 bridgehead atoms. The molecular weight excluding hydrogens is 292 g/mol. The summed E-state index contributed by atoms with van der Waals surface area (Å²) in [6.45, 7) is 0. The van der Waals surface area contributed by atoms with Crippen molar-refractivity contribution in [3.8, 4) is 0 Å². The molecule has 9 nitrogen and oxygen atoms in total. The lowest BCUT2D eigenvalue weighted by atomic mass is 10.1. The summed E-state index contributed by atoms with van der Waals surface area (Å²) in [6, 6.07) is -1.44. The Labute approximate surface area is 115 Å². The van der Waals surface area contributed by atoms with Crippen molar-refractivity contribution in [1.82, 2.24) is 5.32 Å². The summed E-state index contributed by atoms with van der Waals surface area (Å²) < 4.78 is 30.8. The van der Waals surface area contributed by atoms with Gasteiger partial charge >= 0.3 is 5.97 Å². The quantitative estimate of drug-likeness (QED) is 0.433. The van der Waals surface area contributed by atoms with Gasteiger partial charge in [-0.25, -0.2) is 4.79 Å². The van der Waals surface area contributed by atoms with Gasteiger partial charge in [0.15, 0.2) is 0 Å². The minimum absolute atomic E-state index is 0.0758. The molecule has 1 fully saturated rings. The fraction of sp³-hybridized carbons (Fsp3) is 0.700. The smallest absolute Gasteiger partial charge is 0.326 e. The zero-order valence-corrected chi connectivity index (χ0v) is 11.3. The van der Waals surface area contributed by atoms with Crippen LogP contribution in [0, 0.1) is 5.92 Å². The first-order valence-electron chi connectivity index (χ1n) is 5.89. The first-order valence-corrected chi connectivity index (χ1v) is 7.39. The normalized spacial score (nSPS) is 24.1. The van der Waals surface area contributed by atoms with E-state index in [1.54, 1.807) is 0 Å². The zero-order valence-electron chi connectivity index (χ0n) is 10.5. The van der Waals surface area contributed by atoms with E-state index in [0.717, 1.165) is 0 Å². The number of carbonyl (C=O) groups excluding carboxylic acids is 2. The van der Waals surface area contributed by atoms with E-state index in [0.29, 0.717) is 0 Å². The topological polar surface area (TPSA) is 164 Å². The predicted molar refractivity (Wildman–Crippen MR) is 66.1 cm³/mol.